The number of amides is 1. The average molecular weight is 417 g/mol. The first-order valence-corrected chi connectivity index (χ1v) is 9.00. The van der Waals surface area contributed by atoms with Gasteiger partial charge in [-0.3, -0.25) is 4.79 Å². The van der Waals surface area contributed by atoms with E-state index >= 15 is 0 Å². The van der Waals surface area contributed by atoms with Gasteiger partial charge in [0.2, 0.25) is 5.91 Å². The van der Waals surface area contributed by atoms with E-state index in [4.69, 9.17) is 11.6 Å². The topological polar surface area (TPSA) is 72.3 Å². The Morgan fingerprint density at radius 2 is 1.76 bits per heavy atom. The highest BCUT2D eigenvalue weighted by Gasteiger charge is 2.26. The third-order valence-electron chi connectivity index (χ3n) is 3.06. The number of nitrogens with zero attached hydrogens (tertiary/aromatic N) is 1. The fourth-order valence-corrected chi connectivity index (χ4v) is 1.82. The maximum absolute atomic E-state index is 13.8. The number of carbonyl (C=O) groups excluding carboxylic acids is 1. The third-order valence-corrected chi connectivity index (χ3v) is 3.06. The number of hydrogen-bond acceptors (Lipinski definition) is 3. The highest BCUT2D eigenvalue weighted by atomic mass is 19.4. The molecule has 0 aliphatic carbocycles. The summed E-state index contributed by atoms with van der Waals surface area (Å²) in [6.07, 6.45) is 1.23. The van der Waals surface area contributed by atoms with Crippen LogP contribution in [0.3, 0.4) is 0 Å². The van der Waals surface area contributed by atoms with Gasteiger partial charge in [0.15, 0.2) is 0 Å². The molecule has 1 aromatic carbocycles. The van der Waals surface area contributed by atoms with Crippen molar-refractivity contribution in [3.05, 3.63) is 65.0 Å². The fraction of sp³-hybridized carbons (Fsp3) is 0.381. The van der Waals surface area contributed by atoms with Crippen LogP contribution in [0.5, 0.6) is 0 Å². The third kappa shape index (κ3) is 13.2. The summed E-state index contributed by atoms with van der Waals surface area (Å²) in [4.78, 5) is 10.9. The molecule has 0 saturated heterocycles. The van der Waals surface area contributed by atoms with Gasteiger partial charge in [0.25, 0.3) is 0 Å². The van der Waals surface area contributed by atoms with Crippen LogP contribution in [0.15, 0.2) is 48.1 Å². The Labute approximate surface area is 170 Å². The zero-order valence-corrected chi connectivity index (χ0v) is 17.8. The second kappa shape index (κ2) is 14.4. The number of benzene rings is 1. The van der Waals surface area contributed by atoms with Gasteiger partial charge in [-0.1, -0.05) is 43.7 Å². The van der Waals surface area contributed by atoms with E-state index in [9.17, 15) is 22.4 Å². The van der Waals surface area contributed by atoms with E-state index in [1.165, 1.54) is 18.7 Å². The summed E-state index contributed by atoms with van der Waals surface area (Å²) in [6.45, 7) is 10.2. The van der Waals surface area contributed by atoms with E-state index in [1.807, 2.05) is 32.9 Å². The molecule has 4 nitrogen and oxygen atoms in total. The molecule has 0 atom stereocenters. The molecule has 1 aromatic rings. The Bertz CT molecular complexity index is 717. The van der Waals surface area contributed by atoms with Crippen LogP contribution in [0.25, 0.3) is 5.70 Å². The Kier molecular flexibility index (Phi) is 14.2. The van der Waals surface area contributed by atoms with Gasteiger partial charge in [0, 0.05) is 18.2 Å². The van der Waals surface area contributed by atoms with Gasteiger partial charge >= 0.3 is 6.18 Å². The number of allylic oxidation sites excluding steroid dienone is 5. The van der Waals surface area contributed by atoms with Gasteiger partial charge < -0.3 is 10.7 Å². The maximum atomic E-state index is 13.8. The zero-order chi connectivity index (χ0) is 23.2. The first kappa shape index (κ1) is 28.6. The van der Waals surface area contributed by atoms with Crippen LogP contribution in [0.4, 0.5) is 17.6 Å². The van der Waals surface area contributed by atoms with E-state index in [0.717, 1.165) is 23.2 Å². The number of hydrogen-bond donors (Lipinski definition) is 2. The lowest BCUT2D eigenvalue weighted by atomic mass is 10.1. The largest absolute Gasteiger partial charge is 0.392 e. The Morgan fingerprint density at radius 1 is 1.21 bits per heavy atom. The summed E-state index contributed by atoms with van der Waals surface area (Å²) in [7, 11) is 1.28. The average Bonchev–Trinajstić information content (AvgIpc) is 2.62. The summed E-state index contributed by atoms with van der Waals surface area (Å²) in [5, 5.41) is 0.869. The summed E-state index contributed by atoms with van der Waals surface area (Å²) < 4.78 is 50.4. The first-order valence-electron chi connectivity index (χ1n) is 9.00. The molecule has 164 valence electrons. The SMILES string of the molecule is C/C=C\C=C(C)C.CC.CN(N)/C(=C\CC(F)(F)F)c1ccc(C(N)=O)cc1F. The summed E-state index contributed by atoms with van der Waals surface area (Å²) in [6, 6.07) is 3.22. The Morgan fingerprint density at radius 3 is 2.07 bits per heavy atom. The molecular weight excluding hydrogens is 386 g/mol. The number of rotatable bonds is 5. The van der Waals surface area contributed by atoms with Crippen molar-refractivity contribution in [2.24, 2.45) is 11.6 Å². The van der Waals surface area contributed by atoms with Crippen molar-refractivity contribution in [2.45, 2.75) is 47.2 Å². The highest BCUT2D eigenvalue weighted by Crippen LogP contribution is 2.26. The van der Waals surface area contributed by atoms with Crippen molar-refractivity contribution in [1.29, 1.82) is 0 Å². The molecule has 0 aliphatic heterocycles. The van der Waals surface area contributed by atoms with E-state index in [0.29, 0.717) is 0 Å². The molecular formula is C21H31F4N3O. The molecule has 0 radical (unpaired) electrons. The minimum absolute atomic E-state index is 0.0823. The molecule has 1 amide bonds. The van der Waals surface area contributed by atoms with Crippen LogP contribution in [-0.2, 0) is 0 Å². The van der Waals surface area contributed by atoms with Crippen molar-refractivity contribution in [2.75, 3.05) is 7.05 Å². The first-order chi connectivity index (χ1) is 13.4. The monoisotopic (exact) mass is 417 g/mol. The van der Waals surface area contributed by atoms with Crippen LogP contribution >= 0.6 is 0 Å². The van der Waals surface area contributed by atoms with Gasteiger partial charge in [-0.25, -0.2) is 10.2 Å². The van der Waals surface area contributed by atoms with Crippen LogP contribution in [0.2, 0.25) is 0 Å². The number of alkyl halides is 3. The number of primary amides is 1. The second-order valence-electron chi connectivity index (χ2n) is 5.85. The lowest BCUT2D eigenvalue weighted by Crippen LogP contribution is -2.25. The number of halogens is 4. The smallest absolute Gasteiger partial charge is 0.366 e. The van der Waals surface area contributed by atoms with Gasteiger partial charge in [0.05, 0.1) is 12.1 Å². The normalized spacial score (nSPS) is 11.1. The molecule has 8 heteroatoms. The number of nitrogens with two attached hydrogens (primary N) is 2. The lowest BCUT2D eigenvalue weighted by molar-refractivity contribution is -0.125. The lowest BCUT2D eigenvalue weighted by Gasteiger charge is -2.18. The quantitative estimate of drug-likeness (QED) is 0.284. The van der Waals surface area contributed by atoms with Gasteiger partial charge in [-0.2, -0.15) is 13.2 Å². The van der Waals surface area contributed by atoms with Crippen LogP contribution in [0, 0.1) is 5.82 Å². The molecule has 0 fully saturated rings. The van der Waals surface area contributed by atoms with Crippen molar-refractivity contribution in [1.82, 2.24) is 5.01 Å². The van der Waals surface area contributed by atoms with Gasteiger partial charge in [0.1, 0.15) is 5.82 Å². The molecule has 0 spiro atoms. The van der Waals surface area contributed by atoms with Gasteiger partial charge in [-0.05, 0) is 39.0 Å². The predicted octanol–water partition coefficient (Wildman–Crippen LogP) is 5.58. The van der Waals surface area contributed by atoms with Crippen molar-refractivity contribution >= 4 is 11.6 Å². The summed E-state index contributed by atoms with van der Waals surface area (Å²) in [5.41, 5.74) is 5.95. The van der Waals surface area contributed by atoms with Crippen LogP contribution in [0.1, 0.15) is 57.0 Å². The second-order valence-corrected chi connectivity index (χ2v) is 5.85. The van der Waals surface area contributed by atoms with Crippen LogP contribution in [-0.4, -0.2) is 24.1 Å². The predicted molar refractivity (Wildman–Crippen MR) is 111 cm³/mol. The number of carbonyl (C=O) groups is 1. The summed E-state index contributed by atoms with van der Waals surface area (Å²) in [5.74, 6) is 3.69. The molecule has 1 rings (SSSR count). The van der Waals surface area contributed by atoms with Crippen molar-refractivity contribution in [3.8, 4) is 0 Å². The minimum Gasteiger partial charge on any atom is -0.366 e. The summed E-state index contributed by atoms with van der Waals surface area (Å²) >= 11 is 0. The van der Waals surface area contributed by atoms with Gasteiger partial charge in [-0.15, -0.1) is 0 Å². The molecule has 0 heterocycles. The molecule has 0 aromatic heterocycles. The van der Waals surface area contributed by atoms with E-state index in [-0.39, 0.29) is 16.8 Å². The van der Waals surface area contributed by atoms with Crippen LogP contribution < -0.4 is 11.6 Å². The molecule has 4 N–H and O–H groups in total. The standard InChI is InChI=1S/C12H13F4N3O.C7H12.C2H6/c1-19(18)10(4-5-12(14,15)16)8-3-2-7(11(17)20)6-9(8)13;1-4-5-6-7(2)3;1-2/h2-4,6H,5,18H2,1H3,(H2,17,20);4-6H,1-3H3;1-2H3/b10-4-;5-4-;. The molecule has 29 heavy (non-hydrogen) atoms. The number of hydrazine groups is 1. The Balaban J connectivity index is 0. The minimum atomic E-state index is -4.43. The maximum Gasteiger partial charge on any atom is 0.392 e. The zero-order valence-electron chi connectivity index (χ0n) is 17.8. The molecule has 0 aliphatic rings. The molecule has 0 unspecified atom stereocenters. The molecule has 0 saturated carbocycles. The Hall–Kier alpha value is -2.61. The van der Waals surface area contributed by atoms with Crippen molar-refractivity contribution < 1.29 is 22.4 Å². The fourth-order valence-electron chi connectivity index (χ4n) is 1.82. The van der Waals surface area contributed by atoms with E-state index < -0.39 is 24.3 Å². The van der Waals surface area contributed by atoms with E-state index in [2.05, 4.69) is 19.9 Å². The molecule has 0 bridgehead atoms. The highest BCUT2D eigenvalue weighted by molar-refractivity contribution is 5.93. The van der Waals surface area contributed by atoms with E-state index in [1.54, 1.807) is 0 Å². The van der Waals surface area contributed by atoms with Crippen molar-refractivity contribution in [3.63, 3.8) is 0 Å².